The first kappa shape index (κ1) is 14.9. The van der Waals surface area contributed by atoms with Gasteiger partial charge in [0, 0.05) is 22.5 Å². The molecule has 0 radical (unpaired) electrons. The van der Waals surface area contributed by atoms with Gasteiger partial charge in [0.05, 0.1) is 0 Å². The van der Waals surface area contributed by atoms with Crippen LogP contribution in [0.5, 0.6) is 0 Å². The zero-order chi connectivity index (χ0) is 14.8. The van der Waals surface area contributed by atoms with E-state index < -0.39 is 0 Å². The lowest BCUT2D eigenvalue weighted by atomic mass is 9.77. The molecular weight excluding hydrogens is 301 g/mol. The highest BCUT2D eigenvalue weighted by molar-refractivity contribution is 6.31. The number of hydrogen-bond donors (Lipinski definition) is 1. The molecule has 1 heterocycles. The maximum absolute atomic E-state index is 6.32. The summed E-state index contributed by atoms with van der Waals surface area (Å²) < 4.78 is 0. The lowest BCUT2D eigenvalue weighted by Crippen LogP contribution is -2.34. The average molecular weight is 320 g/mol. The molecule has 0 spiro atoms. The summed E-state index contributed by atoms with van der Waals surface area (Å²) in [7, 11) is 0. The predicted octanol–water partition coefficient (Wildman–Crippen LogP) is 5.16. The number of rotatable bonds is 2. The fourth-order valence-corrected chi connectivity index (χ4v) is 3.57. The SMILES string of the molecule is Cc1ccc(C2CCNCC2c2cccc(Cl)c2)cc1Cl. The molecule has 1 aliphatic heterocycles. The molecule has 0 amide bonds. The topological polar surface area (TPSA) is 12.0 Å². The first-order chi connectivity index (χ1) is 10.1. The molecular formula is C18H19Cl2N. The van der Waals surface area contributed by atoms with E-state index in [1.165, 1.54) is 11.1 Å². The van der Waals surface area contributed by atoms with Gasteiger partial charge in [-0.3, -0.25) is 0 Å². The van der Waals surface area contributed by atoms with Crippen LogP contribution in [0.3, 0.4) is 0 Å². The van der Waals surface area contributed by atoms with Crippen molar-refractivity contribution in [3.05, 3.63) is 69.2 Å². The van der Waals surface area contributed by atoms with Gasteiger partial charge in [0.1, 0.15) is 0 Å². The van der Waals surface area contributed by atoms with E-state index in [-0.39, 0.29) is 0 Å². The van der Waals surface area contributed by atoms with Gasteiger partial charge in [0.2, 0.25) is 0 Å². The van der Waals surface area contributed by atoms with Crippen LogP contribution in [0.25, 0.3) is 0 Å². The van der Waals surface area contributed by atoms with E-state index in [4.69, 9.17) is 23.2 Å². The summed E-state index contributed by atoms with van der Waals surface area (Å²) in [6.45, 7) is 4.08. The molecule has 1 nitrogen and oxygen atoms in total. The Labute approximate surface area is 136 Å². The second-order valence-electron chi connectivity index (χ2n) is 5.77. The lowest BCUT2D eigenvalue weighted by Gasteiger charge is -2.33. The van der Waals surface area contributed by atoms with E-state index in [0.29, 0.717) is 11.8 Å². The zero-order valence-corrected chi connectivity index (χ0v) is 13.6. The van der Waals surface area contributed by atoms with Crippen LogP contribution in [0.15, 0.2) is 42.5 Å². The van der Waals surface area contributed by atoms with Crippen molar-refractivity contribution in [3.63, 3.8) is 0 Å². The normalized spacial score (nSPS) is 22.2. The molecule has 21 heavy (non-hydrogen) atoms. The van der Waals surface area contributed by atoms with Crippen LogP contribution >= 0.6 is 23.2 Å². The summed E-state index contributed by atoms with van der Waals surface area (Å²) in [5.41, 5.74) is 3.77. The molecule has 3 heteroatoms. The summed E-state index contributed by atoms with van der Waals surface area (Å²) in [5.74, 6) is 0.930. The van der Waals surface area contributed by atoms with Crippen LogP contribution in [-0.4, -0.2) is 13.1 Å². The molecule has 1 fully saturated rings. The fourth-order valence-electron chi connectivity index (χ4n) is 3.18. The molecule has 2 aromatic carbocycles. The smallest absolute Gasteiger partial charge is 0.0438 e. The number of halogens is 2. The highest BCUT2D eigenvalue weighted by Crippen LogP contribution is 2.39. The maximum atomic E-state index is 6.32. The minimum Gasteiger partial charge on any atom is -0.316 e. The van der Waals surface area contributed by atoms with E-state index in [1.54, 1.807) is 0 Å². The van der Waals surface area contributed by atoms with E-state index in [0.717, 1.165) is 35.1 Å². The van der Waals surface area contributed by atoms with Crippen molar-refractivity contribution in [1.29, 1.82) is 0 Å². The number of nitrogens with one attached hydrogen (secondary N) is 1. The van der Waals surface area contributed by atoms with Gasteiger partial charge < -0.3 is 5.32 Å². The average Bonchev–Trinajstić information content (AvgIpc) is 2.50. The summed E-state index contributed by atoms with van der Waals surface area (Å²) in [5, 5.41) is 5.16. The van der Waals surface area contributed by atoms with Crippen molar-refractivity contribution in [2.75, 3.05) is 13.1 Å². The van der Waals surface area contributed by atoms with Crippen molar-refractivity contribution >= 4 is 23.2 Å². The Morgan fingerprint density at radius 3 is 2.57 bits per heavy atom. The van der Waals surface area contributed by atoms with E-state index in [9.17, 15) is 0 Å². The van der Waals surface area contributed by atoms with Crippen LogP contribution in [0.4, 0.5) is 0 Å². The van der Waals surface area contributed by atoms with Crippen LogP contribution in [0.1, 0.15) is 34.9 Å². The summed E-state index contributed by atoms with van der Waals surface area (Å²) in [6.07, 6.45) is 1.12. The van der Waals surface area contributed by atoms with Crippen LogP contribution in [0, 0.1) is 6.92 Å². The van der Waals surface area contributed by atoms with Crippen molar-refractivity contribution in [2.24, 2.45) is 0 Å². The highest BCUT2D eigenvalue weighted by Gasteiger charge is 2.28. The highest BCUT2D eigenvalue weighted by atomic mass is 35.5. The third-order valence-corrected chi connectivity index (χ3v) is 5.03. The molecule has 1 N–H and O–H groups in total. The third kappa shape index (κ3) is 3.26. The van der Waals surface area contributed by atoms with Crippen molar-refractivity contribution in [3.8, 4) is 0 Å². The Morgan fingerprint density at radius 1 is 1.00 bits per heavy atom. The van der Waals surface area contributed by atoms with E-state index in [1.807, 2.05) is 19.1 Å². The fraction of sp³-hybridized carbons (Fsp3) is 0.333. The first-order valence-electron chi connectivity index (χ1n) is 7.37. The Balaban J connectivity index is 1.96. The van der Waals surface area contributed by atoms with Crippen LogP contribution in [0.2, 0.25) is 10.0 Å². The predicted molar refractivity (Wildman–Crippen MR) is 90.6 cm³/mol. The standard InChI is InChI=1S/C18H19Cl2N/c1-12-5-6-14(10-18(12)20)16-7-8-21-11-17(16)13-3-2-4-15(19)9-13/h2-6,9-10,16-17,21H,7-8,11H2,1H3. The Morgan fingerprint density at radius 2 is 1.81 bits per heavy atom. The van der Waals surface area contributed by atoms with Crippen molar-refractivity contribution < 1.29 is 0 Å². The summed E-state index contributed by atoms with van der Waals surface area (Å²) >= 11 is 12.5. The maximum Gasteiger partial charge on any atom is 0.0438 e. The summed E-state index contributed by atoms with van der Waals surface area (Å²) in [6, 6.07) is 14.7. The van der Waals surface area contributed by atoms with Gasteiger partial charge >= 0.3 is 0 Å². The van der Waals surface area contributed by atoms with E-state index >= 15 is 0 Å². The number of aryl methyl sites for hydroxylation is 1. The second kappa shape index (κ2) is 6.39. The molecule has 2 atom stereocenters. The van der Waals surface area contributed by atoms with E-state index in [2.05, 4.69) is 35.6 Å². The largest absolute Gasteiger partial charge is 0.316 e. The molecule has 0 aliphatic carbocycles. The minimum atomic E-state index is 0.441. The van der Waals surface area contributed by atoms with Crippen molar-refractivity contribution in [1.82, 2.24) is 5.32 Å². The Kier molecular flexibility index (Phi) is 4.54. The monoisotopic (exact) mass is 319 g/mol. The lowest BCUT2D eigenvalue weighted by molar-refractivity contribution is 0.404. The number of hydrogen-bond acceptors (Lipinski definition) is 1. The van der Waals surface area contributed by atoms with Gasteiger partial charge in [-0.25, -0.2) is 0 Å². The third-order valence-electron chi connectivity index (χ3n) is 4.38. The van der Waals surface area contributed by atoms with Gasteiger partial charge in [-0.2, -0.15) is 0 Å². The molecule has 110 valence electrons. The van der Waals surface area contributed by atoms with Crippen molar-refractivity contribution in [2.45, 2.75) is 25.2 Å². The quantitative estimate of drug-likeness (QED) is 0.805. The molecule has 3 rings (SSSR count). The molecule has 1 saturated heterocycles. The first-order valence-corrected chi connectivity index (χ1v) is 8.13. The molecule has 1 aliphatic rings. The van der Waals surface area contributed by atoms with Gasteiger partial charge in [-0.05, 0) is 60.7 Å². The molecule has 0 bridgehead atoms. The Hall–Kier alpha value is -1.02. The molecule has 2 unspecified atom stereocenters. The minimum absolute atomic E-state index is 0.441. The van der Waals surface area contributed by atoms with Crippen LogP contribution in [-0.2, 0) is 0 Å². The Bertz CT molecular complexity index is 639. The van der Waals surface area contributed by atoms with Gasteiger partial charge in [0.15, 0.2) is 0 Å². The van der Waals surface area contributed by atoms with Gasteiger partial charge in [-0.15, -0.1) is 0 Å². The number of benzene rings is 2. The molecule has 2 aromatic rings. The number of piperidine rings is 1. The molecule has 0 aromatic heterocycles. The zero-order valence-electron chi connectivity index (χ0n) is 12.1. The second-order valence-corrected chi connectivity index (χ2v) is 6.61. The summed E-state index contributed by atoms with van der Waals surface area (Å²) in [4.78, 5) is 0. The molecule has 0 saturated carbocycles. The van der Waals surface area contributed by atoms with Crippen LogP contribution < -0.4 is 5.32 Å². The van der Waals surface area contributed by atoms with Gasteiger partial charge in [0.25, 0.3) is 0 Å². The van der Waals surface area contributed by atoms with Gasteiger partial charge in [-0.1, -0.05) is 47.5 Å².